The zero-order valence-electron chi connectivity index (χ0n) is 16.8. The normalized spacial score (nSPS) is 16.6. The van der Waals surface area contributed by atoms with E-state index in [0.717, 1.165) is 28.1 Å². The number of hydrogen-bond donors (Lipinski definition) is 3. The Kier molecular flexibility index (Phi) is 4.12. The second kappa shape index (κ2) is 6.83. The summed E-state index contributed by atoms with van der Waals surface area (Å²) in [6.07, 6.45) is 3.10. The lowest BCUT2D eigenvalue weighted by Gasteiger charge is -2.24. The monoisotopic (exact) mass is 403 g/mol. The molecule has 30 heavy (non-hydrogen) atoms. The number of aromatic nitrogens is 5. The van der Waals surface area contributed by atoms with E-state index in [9.17, 15) is 4.79 Å². The first-order valence-electron chi connectivity index (χ1n) is 9.64. The van der Waals surface area contributed by atoms with Crippen molar-refractivity contribution >= 4 is 45.5 Å². The van der Waals surface area contributed by atoms with E-state index >= 15 is 0 Å². The fourth-order valence-electron chi connectivity index (χ4n) is 3.78. The number of fused-ring (bicyclic) bond motifs is 2. The van der Waals surface area contributed by atoms with E-state index in [0.29, 0.717) is 23.7 Å². The number of hydrogen-bond acceptors (Lipinski definition) is 8. The molecule has 4 bridgehead atoms. The first-order valence-corrected chi connectivity index (χ1v) is 9.64. The van der Waals surface area contributed by atoms with Gasteiger partial charge in [-0.25, -0.2) is 19.5 Å². The quantitative estimate of drug-likeness (QED) is 0.443. The highest BCUT2D eigenvalue weighted by atomic mass is 16.2. The summed E-state index contributed by atoms with van der Waals surface area (Å²) in [4.78, 5) is 28.2. The Hall–Kier alpha value is -3.95. The van der Waals surface area contributed by atoms with Gasteiger partial charge in [0.15, 0.2) is 17.2 Å². The number of anilines is 4. The first-order chi connectivity index (χ1) is 14.5. The van der Waals surface area contributed by atoms with Gasteiger partial charge in [0.05, 0.1) is 17.4 Å². The molecule has 4 heterocycles. The predicted molar refractivity (Wildman–Crippen MR) is 116 cm³/mol. The summed E-state index contributed by atoms with van der Waals surface area (Å²) in [5, 5.41) is 15.0. The molecule has 0 fully saturated rings. The Morgan fingerprint density at radius 1 is 1.20 bits per heavy atom. The molecule has 3 N–H and O–H groups in total. The molecule has 5 rings (SSSR count). The van der Waals surface area contributed by atoms with Gasteiger partial charge in [0.1, 0.15) is 12.1 Å². The molecule has 1 atom stereocenters. The lowest BCUT2D eigenvalue weighted by molar-refractivity contribution is 0.0934. The van der Waals surface area contributed by atoms with Crippen LogP contribution in [0, 0.1) is 0 Å². The van der Waals surface area contributed by atoms with Crippen molar-refractivity contribution in [2.45, 2.75) is 13.0 Å². The summed E-state index contributed by atoms with van der Waals surface area (Å²) in [5.41, 5.74) is 3.40. The fraction of sp³-hybridized carbons (Fsp3) is 0.250. The zero-order valence-corrected chi connectivity index (χ0v) is 16.8. The Balaban J connectivity index is 1.73. The van der Waals surface area contributed by atoms with E-state index in [2.05, 4.69) is 36.0 Å². The second-order valence-electron chi connectivity index (χ2n) is 7.38. The third kappa shape index (κ3) is 2.93. The molecule has 152 valence electrons. The molecule has 1 aliphatic rings. The highest BCUT2D eigenvalue weighted by Gasteiger charge is 2.20. The van der Waals surface area contributed by atoms with Gasteiger partial charge in [-0.15, -0.1) is 5.10 Å². The topological polar surface area (TPSA) is 112 Å². The van der Waals surface area contributed by atoms with Gasteiger partial charge in [0, 0.05) is 43.8 Å². The molecule has 0 unspecified atom stereocenters. The largest absolute Gasteiger partial charge is 0.385 e. The van der Waals surface area contributed by atoms with Crippen LogP contribution in [-0.4, -0.2) is 57.2 Å². The van der Waals surface area contributed by atoms with Gasteiger partial charge < -0.3 is 20.9 Å². The van der Waals surface area contributed by atoms with Crippen LogP contribution in [0.1, 0.15) is 17.4 Å². The van der Waals surface area contributed by atoms with E-state index in [1.54, 1.807) is 17.0 Å². The number of nitrogens with one attached hydrogen (secondary N) is 3. The molecular formula is C20H21N9O. The van der Waals surface area contributed by atoms with Gasteiger partial charge in [-0.3, -0.25) is 4.79 Å². The molecule has 0 aliphatic carbocycles. The van der Waals surface area contributed by atoms with Gasteiger partial charge in [-0.2, -0.15) is 0 Å². The number of carbonyl (C=O) groups is 1. The SMILES string of the molecule is CNc1cc2nn3c(cnc13)C(=O)N[C@H](C)CN(C)c1ncnc3ccc(cc13)N2. The van der Waals surface area contributed by atoms with Crippen LogP contribution in [0.15, 0.2) is 36.8 Å². The van der Waals surface area contributed by atoms with Crippen LogP contribution in [-0.2, 0) is 0 Å². The third-order valence-corrected chi connectivity index (χ3v) is 5.14. The molecular weight excluding hydrogens is 382 g/mol. The van der Waals surface area contributed by atoms with Crippen LogP contribution >= 0.6 is 0 Å². The van der Waals surface area contributed by atoms with Gasteiger partial charge in [0.2, 0.25) is 0 Å². The Morgan fingerprint density at radius 3 is 2.90 bits per heavy atom. The van der Waals surface area contributed by atoms with Crippen molar-refractivity contribution in [3.63, 3.8) is 0 Å². The van der Waals surface area contributed by atoms with Crippen LogP contribution < -0.4 is 20.9 Å². The lowest BCUT2D eigenvalue weighted by Crippen LogP contribution is -2.41. The van der Waals surface area contributed by atoms with Crippen LogP contribution in [0.3, 0.4) is 0 Å². The summed E-state index contributed by atoms with van der Waals surface area (Å²) in [6.45, 7) is 2.53. The molecule has 10 nitrogen and oxygen atoms in total. The average Bonchev–Trinajstić information content (AvgIpc) is 3.16. The van der Waals surface area contributed by atoms with Crippen molar-refractivity contribution in [3.8, 4) is 0 Å². The van der Waals surface area contributed by atoms with Crippen molar-refractivity contribution < 1.29 is 4.79 Å². The standard InChI is InChI=1S/C20H21N9O/c1-11-9-28(3)18-13-6-12(4-5-14(13)23-10-24-18)26-17-7-15(21-2)19-22-8-16(20(30)25-11)29(19)27-17/h4-8,10-11,21H,9H2,1-3H3,(H,25,30)(H,26,27)/t11-/m1/s1. The molecule has 1 amide bonds. The van der Waals surface area contributed by atoms with Crippen molar-refractivity contribution in [3.05, 3.63) is 42.5 Å². The van der Waals surface area contributed by atoms with Crippen molar-refractivity contribution in [2.24, 2.45) is 0 Å². The fourth-order valence-corrected chi connectivity index (χ4v) is 3.78. The van der Waals surface area contributed by atoms with Crippen molar-refractivity contribution in [2.75, 3.05) is 36.2 Å². The maximum absolute atomic E-state index is 12.9. The van der Waals surface area contributed by atoms with E-state index in [1.165, 1.54) is 0 Å². The Bertz CT molecular complexity index is 1280. The number of rotatable bonds is 1. The van der Waals surface area contributed by atoms with Gasteiger partial charge in [0.25, 0.3) is 5.91 Å². The molecule has 0 radical (unpaired) electrons. The lowest BCUT2D eigenvalue weighted by atomic mass is 10.2. The first kappa shape index (κ1) is 18.1. The van der Waals surface area contributed by atoms with Gasteiger partial charge in [-0.05, 0) is 25.1 Å². The number of imidazole rings is 1. The third-order valence-electron chi connectivity index (χ3n) is 5.14. The van der Waals surface area contributed by atoms with Crippen LogP contribution in [0.2, 0.25) is 0 Å². The maximum Gasteiger partial charge on any atom is 0.271 e. The minimum Gasteiger partial charge on any atom is -0.385 e. The molecule has 1 aliphatic heterocycles. The van der Waals surface area contributed by atoms with E-state index in [1.807, 2.05) is 50.2 Å². The number of likely N-dealkylation sites (N-methyl/N-ethyl adjacent to an activating group) is 1. The minimum absolute atomic E-state index is 0.130. The van der Waals surface area contributed by atoms with Crippen LogP contribution in [0.4, 0.5) is 23.0 Å². The van der Waals surface area contributed by atoms with Gasteiger partial charge >= 0.3 is 0 Å². The van der Waals surface area contributed by atoms with Crippen LogP contribution in [0.25, 0.3) is 16.6 Å². The number of amides is 1. The van der Waals surface area contributed by atoms with E-state index in [-0.39, 0.29) is 11.9 Å². The molecule has 10 heteroatoms. The highest BCUT2D eigenvalue weighted by molar-refractivity contribution is 5.95. The molecule has 4 aromatic rings. The average molecular weight is 403 g/mol. The molecule has 0 saturated carbocycles. The smallest absolute Gasteiger partial charge is 0.271 e. The predicted octanol–water partition coefficient (Wildman–Crippen LogP) is 2.03. The van der Waals surface area contributed by atoms with Crippen molar-refractivity contribution in [1.29, 1.82) is 0 Å². The molecule has 0 saturated heterocycles. The summed E-state index contributed by atoms with van der Waals surface area (Å²) in [7, 11) is 3.76. The Labute approximate surface area is 172 Å². The number of nitrogens with zero attached hydrogens (tertiary/aromatic N) is 6. The minimum atomic E-state index is -0.237. The van der Waals surface area contributed by atoms with Gasteiger partial charge in [-0.1, -0.05) is 0 Å². The molecule has 0 spiro atoms. The van der Waals surface area contributed by atoms with E-state index in [4.69, 9.17) is 0 Å². The molecule has 3 aromatic heterocycles. The number of benzene rings is 1. The summed E-state index contributed by atoms with van der Waals surface area (Å²) in [6, 6.07) is 7.63. The summed E-state index contributed by atoms with van der Waals surface area (Å²) < 4.78 is 1.56. The number of carbonyl (C=O) groups excluding carboxylic acids is 1. The highest BCUT2D eigenvalue weighted by Crippen LogP contribution is 2.28. The zero-order chi connectivity index (χ0) is 20.8. The maximum atomic E-state index is 12.9. The summed E-state index contributed by atoms with van der Waals surface area (Å²) >= 11 is 0. The van der Waals surface area contributed by atoms with Crippen molar-refractivity contribution in [1.82, 2.24) is 29.9 Å². The second-order valence-corrected chi connectivity index (χ2v) is 7.38. The molecule has 1 aromatic carbocycles. The van der Waals surface area contributed by atoms with Crippen LogP contribution in [0.5, 0.6) is 0 Å². The Morgan fingerprint density at radius 2 is 2.07 bits per heavy atom. The van der Waals surface area contributed by atoms with E-state index < -0.39 is 0 Å². The summed E-state index contributed by atoms with van der Waals surface area (Å²) in [5.74, 6) is 1.14.